The van der Waals surface area contributed by atoms with Crippen LogP contribution >= 0.6 is 0 Å². The Labute approximate surface area is 147 Å². The Bertz CT molecular complexity index is 677. The second kappa shape index (κ2) is 9.02. The van der Waals surface area contributed by atoms with E-state index < -0.39 is 0 Å². The van der Waals surface area contributed by atoms with E-state index in [9.17, 15) is 0 Å². The lowest BCUT2D eigenvalue weighted by molar-refractivity contribution is 0.311. The third-order valence-electron chi connectivity index (χ3n) is 3.74. The van der Waals surface area contributed by atoms with Crippen molar-refractivity contribution in [3.63, 3.8) is 0 Å². The molecule has 0 aliphatic rings. The van der Waals surface area contributed by atoms with Gasteiger partial charge in [-0.1, -0.05) is 75.9 Å². The highest BCUT2D eigenvalue weighted by molar-refractivity contribution is 6.73. The van der Waals surface area contributed by atoms with E-state index in [0.29, 0.717) is 12.1 Å². The molecule has 2 heteroatoms. The summed E-state index contributed by atoms with van der Waals surface area (Å²) in [6.45, 7) is 8.69. The second-order valence-electron chi connectivity index (χ2n) is 6.31. The minimum atomic E-state index is -0.0922. The molecule has 2 aromatic carbocycles. The lowest BCUT2D eigenvalue weighted by Crippen LogP contribution is -2.47. The van der Waals surface area contributed by atoms with Crippen molar-refractivity contribution >= 4 is 6.85 Å². The van der Waals surface area contributed by atoms with Gasteiger partial charge in [0.2, 0.25) is 0 Å². The highest BCUT2D eigenvalue weighted by atomic mass is 15.1. The van der Waals surface area contributed by atoms with Gasteiger partial charge in [-0.2, -0.15) is 0 Å². The smallest absolute Gasteiger partial charge is 0.316 e. The Morgan fingerprint density at radius 3 is 1.38 bits per heavy atom. The molecule has 0 aromatic heterocycles. The van der Waals surface area contributed by atoms with Crippen molar-refractivity contribution in [1.29, 1.82) is 0 Å². The summed E-state index contributed by atoms with van der Waals surface area (Å²) in [5.41, 5.74) is 2.05. The van der Waals surface area contributed by atoms with Crippen molar-refractivity contribution < 1.29 is 0 Å². The van der Waals surface area contributed by atoms with Crippen molar-refractivity contribution in [3.05, 3.63) is 71.8 Å². The van der Waals surface area contributed by atoms with Gasteiger partial charge in [-0.15, -0.1) is 11.6 Å². The fraction of sp³-hybridized carbons (Fsp3) is 0.273. The summed E-state index contributed by atoms with van der Waals surface area (Å²) >= 11 is 0. The zero-order chi connectivity index (χ0) is 17.4. The lowest BCUT2D eigenvalue weighted by Gasteiger charge is -2.31. The van der Waals surface area contributed by atoms with E-state index in [1.54, 1.807) is 0 Å². The van der Waals surface area contributed by atoms with Gasteiger partial charge in [-0.3, -0.25) is 0 Å². The van der Waals surface area contributed by atoms with E-state index in [1.165, 1.54) is 0 Å². The average Bonchev–Trinajstić information content (AvgIpc) is 2.58. The molecule has 120 valence electrons. The predicted octanol–water partition coefficient (Wildman–Crippen LogP) is 4.28. The molecule has 0 heterocycles. The van der Waals surface area contributed by atoms with E-state index in [-0.39, 0.29) is 6.85 Å². The molecular weight excluding hydrogens is 289 g/mol. The molecule has 0 radical (unpaired) electrons. The van der Waals surface area contributed by atoms with Crippen LogP contribution in [0.15, 0.2) is 60.7 Å². The topological polar surface area (TPSA) is 3.24 Å². The third-order valence-corrected chi connectivity index (χ3v) is 3.74. The summed E-state index contributed by atoms with van der Waals surface area (Å²) in [5.74, 6) is 13.3. The van der Waals surface area contributed by atoms with Crippen LogP contribution in [0, 0.1) is 23.5 Å². The Hall–Kier alpha value is -2.42. The fourth-order valence-corrected chi connectivity index (χ4v) is 2.72. The van der Waals surface area contributed by atoms with Crippen LogP contribution in [0.2, 0.25) is 0 Å². The van der Waals surface area contributed by atoms with Crippen LogP contribution in [0.25, 0.3) is 0 Å². The monoisotopic (exact) mass is 313 g/mol. The van der Waals surface area contributed by atoms with Crippen molar-refractivity contribution in [3.8, 4) is 23.5 Å². The summed E-state index contributed by atoms with van der Waals surface area (Å²) in [4.78, 5) is 2.35. The molecule has 1 nitrogen and oxygen atoms in total. The summed E-state index contributed by atoms with van der Waals surface area (Å²) in [7, 11) is 0. The van der Waals surface area contributed by atoms with Gasteiger partial charge in [0, 0.05) is 11.1 Å². The van der Waals surface area contributed by atoms with Crippen LogP contribution in [0.3, 0.4) is 0 Å². The molecule has 24 heavy (non-hydrogen) atoms. The molecular formula is C22H24BN. The average molecular weight is 313 g/mol. The largest absolute Gasteiger partial charge is 0.398 e. The normalized spacial score (nSPS) is 10.1. The molecule has 2 rings (SSSR count). The maximum atomic E-state index is 3.37. The van der Waals surface area contributed by atoms with Gasteiger partial charge in [0.15, 0.2) is 0 Å². The molecule has 0 aliphatic heterocycles. The number of hydrogen-bond acceptors (Lipinski definition) is 1. The number of hydrogen-bond donors (Lipinski definition) is 0. The van der Waals surface area contributed by atoms with E-state index in [0.717, 1.165) is 11.1 Å². The first kappa shape index (κ1) is 17.9. The van der Waals surface area contributed by atoms with Crippen LogP contribution in [0.4, 0.5) is 0 Å². The maximum absolute atomic E-state index is 3.37. The van der Waals surface area contributed by atoms with Gasteiger partial charge in [0.05, 0.1) is 0 Å². The van der Waals surface area contributed by atoms with Crippen molar-refractivity contribution in [2.45, 2.75) is 39.8 Å². The molecule has 0 N–H and O–H groups in total. The van der Waals surface area contributed by atoms with E-state index >= 15 is 0 Å². The first-order chi connectivity index (χ1) is 11.6. The first-order valence-electron chi connectivity index (χ1n) is 8.48. The molecule has 0 saturated heterocycles. The lowest BCUT2D eigenvalue weighted by atomic mass is 9.60. The molecule has 0 bridgehead atoms. The van der Waals surface area contributed by atoms with Crippen LogP contribution in [-0.4, -0.2) is 23.7 Å². The van der Waals surface area contributed by atoms with Gasteiger partial charge in [0.25, 0.3) is 0 Å². The predicted molar refractivity (Wildman–Crippen MR) is 105 cm³/mol. The maximum Gasteiger partial charge on any atom is 0.398 e. The number of nitrogens with zero attached hydrogens (tertiary/aromatic N) is 1. The SMILES string of the molecule is CC(C)N(B(C#Cc1ccccc1)C#Cc1ccccc1)C(C)C. The molecule has 2 aromatic rings. The van der Waals surface area contributed by atoms with Gasteiger partial charge in [-0.25, -0.2) is 0 Å². The molecule has 0 amide bonds. The minimum absolute atomic E-state index is 0.0922. The molecule has 0 saturated carbocycles. The number of rotatable bonds is 3. The number of benzene rings is 2. The van der Waals surface area contributed by atoms with Gasteiger partial charge >= 0.3 is 6.85 Å². The van der Waals surface area contributed by atoms with Gasteiger partial charge in [0.1, 0.15) is 0 Å². The van der Waals surface area contributed by atoms with Crippen molar-refractivity contribution in [1.82, 2.24) is 4.81 Å². The molecule has 0 fully saturated rings. The minimum Gasteiger partial charge on any atom is -0.316 e. The Balaban J connectivity index is 2.35. The molecule has 0 atom stereocenters. The van der Waals surface area contributed by atoms with Crippen LogP contribution < -0.4 is 0 Å². The molecule has 0 spiro atoms. The van der Waals surface area contributed by atoms with E-state index in [2.05, 4.69) is 56.0 Å². The van der Waals surface area contributed by atoms with Crippen molar-refractivity contribution in [2.75, 3.05) is 0 Å². The summed E-state index contributed by atoms with van der Waals surface area (Å²) in [6, 6.07) is 20.9. The molecule has 0 aliphatic carbocycles. The third kappa shape index (κ3) is 5.34. The van der Waals surface area contributed by atoms with Crippen molar-refractivity contribution in [2.24, 2.45) is 0 Å². The fourth-order valence-electron chi connectivity index (χ4n) is 2.72. The summed E-state index contributed by atoms with van der Waals surface area (Å²) in [5, 5.41) is 0. The second-order valence-corrected chi connectivity index (χ2v) is 6.31. The van der Waals surface area contributed by atoms with E-state index in [4.69, 9.17) is 0 Å². The van der Waals surface area contributed by atoms with Gasteiger partial charge < -0.3 is 4.81 Å². The Kier molecular flexibility index (Phi) is 6.74. The standard InChI is InChI=1S/C22H24BN/c1-19(2)24(20(3)4)23(17-15-21-11-7-5-8-12-21)18-16-22-13-9-6-10-14-22/h5-14,19-20H,1-4H3. The molecule has 0 unspecified atom stereocenters. The van der Waals surface area contributed by atoms with Crippen LogP contribution in [0.5, 0.6) is 0 Å². The highest BCUT2D eigenvalue weighted by Gasteiger charge is 2.25. The summed E-state index contributed by atoms with van der Waals surface area (Å²) in [6.07, 6.45) is 0. The quantitative estimate of drug-likeness (QED) is 0.604. The Morgan fingerprint density at radius 2 is 1.04 bits per heavy atom. The Morgan fingerprint density at radius 1 is 0.667 bits per heavy atom. The zero-order valence-corrected chi connectivity index (χ0v) is 15.0. The van der Waals surface area contributed by atoms with Gasteiger partial charge in [-0.05, 0) is 36.3 Å². The zero-order valence-electron chi connectivity index (χ0n) is 15.0. The highest BCUT2D eigenvalue weighted by Crippen LogP contribution is 2.08. The first-order valence-corrected chi connectivity index (χ1v) is 8.48. The summed E-state index contributed by atoms with van der Waals surface area (Å²) < 4.78 is 0. The van der Waals surface area contributed by atoms with E-state index in [1.807, 2.05) is 60.7 Å². The van der Waals surface area contributed by atoms with Crippen LogP contribution in [-0.2, 0) is 0 Å². The van der Waals surface area contributed by atoms with Crippen LogP contribution in [0.1, 0.15) is 38.8 Å².